The van der Waals surface area contributed by atoms with Crippen LogP contribution in [0, 0.1) is 25.7 Å². The maximum atomic E-state index is 6.91. The van der Waals surface area contributed by atoms with Gasteiger partial charge in [-0.1, -0.05) is 32.4 Å². The molecular formula is C21H31ClO. The molecule has 1 nitrogen and oxygen atoms in total. The van der Waals surface area contributed by atoms with Crippen LogP contribution in [0.1, 0.15) is 62.6 Å². The van der Waals surface area contributed by atoms with E-state index in [9.17, 15) is 0 Å². The Labute approximate surface area is 147 Å². The SMILES string of the molecule is CCCC1(Cl)CC(C)CC(/C=C(\OC)c2ccc(C)c(C)c2)C1. The van der Waals surface area contributed by atoms with E-state index in [0.717, 1.165) is 31.4 Å². The Morgan fingerprint density at radius 3 is 2.65 bits per heavy atom. The van der Waals surface area contributed by atoms with E-state index in [1.54, 1.807) is 7.11 Å². The van der Waals surface area contributed by atoms with Gasteiger partial charge in [0.2, 0.25) is 0 Å². The molecule has 1 fully saturated rings. The Kier molecular flexibility index (Phi) is 6.19. The lowest BCUT2D eigenvalue weighted by molar-refractivity contribution is 0.245. The molecule has 0 N–H and O–H groups in total. The predicted molar refractivity (Wildman–Crippen MR) is 101 cm³/mol. The largest absolute Gasteiger partial charge is 0.496 e. The van der Waals surface area contributed by atoms with E-state index < -0.39 is 0 Å². The summed E-state index contributed by atoms with van der Waals surface area (Å²) >= 11 is 6.91. The van der Waals surface area contributed by atoms with Gasteiger partial charge in [0.05, 0.1) is 7.11 Å². The van der Waals surface area contributed by atoms with Gasteiger partial charge in [-0.2, -0.15) is 0 Å². The van der Waals surface area contributed by atoms with E-state index in [0.29, 0.717) is 11.8 Å². The number of methoxy groups -OCH3 is 1. The second-order valence-electron chi connectivity index (χ2n) is 7.44. The first-order valence-corrected chi connectivity index (χ1v) is 9.27. The fourth-order valence-electron chi connectivity index (χ4n) is 4.03. The molecule has 128 valence electrons. The Morgan fingerprint density at radius 2 is 2.04 bits per heavy atom. The zero-order valence-corrected chi connectivity index (χ0v) is 16.0. The minimum atomic E-state index is -0.0321. The van der Waals surface area contributed by atoms with Gasteiger partial charge < -0.3 is 4.74 Å². The van der Waals surface area contributed by atoms with Gasteiger partial charge in [0, 0.05) is 10.4 Å². The van der Waals surface area contributed by atoms with Crippen molar-refractivity contribution in [3.63, 3.8) is 0 Å². The molecule has 0 aromatic heterocycles. The van der Waals surface area contributed by atoms with Gasteiger partial charge in [-0.3, -0.25) is 0 Å². The molecule has 23 heavy (non-hydrogen) atoms. The van der Waals surface area contributed by atoms with Gasteiger partial charge in [-0.15, -0.1) is 11.6 Å². The van der Waals surface area contributed by atoms with Gasteiger partial charge >= 0.3 is 0 Å². The molecule has 3 atom stereocenters. The summed E-state index contributed by atoms with van der Waals surface area (Å²) in [6.45, 7) is 8.85. The van der Waals surface area contributed by atoms with E-state index in [1.165, 1.54) is 23.1 Å². The third-order valence-electron chi connectivity index (χ3n) is 5.14. The molecule has 0 spiro atoms. The molecule has 0 amide bonds. The van der Waals surface area contributed by atoms with Crippen LogP contribution in [0.2, 0.25) is 0 Å². The maximum absolute atomic E-state index is 6.91. The van der Waals surface area contributed by atoms with Crippen molar-refractivity contribution in [2.24, 2.45) is 11.8 Å². The Morgan fingerprint density at radius 1 is 1.30 bits per heavy atom. The Bertz CT molecular complexity index is 563. The zero-order chi connectivity index (χ0) is 17.0. The lowest BCUT2D eigenvalue weighted by Gasteiger charge is -2.38. The summed E-state index contributed by atoms with van der Waals surface area (Å²) in [7, 11) is 1.77. The first-order valence-electron chi connectivity index (χ1n) is 8.89. The monoisotopic (exact) mass is 334 g/mol. The summed E-state index contributed by atoms with van der Waals surface area (Å²) in [6.07, 6.45) is 7.97. The van der Waals surface area contributed by atoms with Crippen LogP contribution in [-0.4, -0.2) is 12.0 Å². The number of aryl methyl sites for hydroxylation is 2. The predicted octanol–water partition coefficient (Wildman–Crippen LogP) is 6.50. The highest BCUT2D eigenvalue weighted by molar-refractivity contribution is 6.24. The summed E-state index contributed by atoms with van der Waals surface area (Å²) in [6, 6.07) is 6.55. The van der Waals surface area contributed by atoms with Crippen molar-refractivity contribution >= 4 is 17.4 Å². The number of benzene rings is 1. The lowest BCUT2D eigenvalue weighted by Crippen LogP contribution is -2.33. The molecule has 0 saturated heterocycles. The number of ether oxygens (including phenoxy) is 1. The Balaban J connectivity index is 2.24. The molecule has 1 aliphatic rings. The third kappa shape index (κ3) is 4.76. The van der Waals surface area contributed by atoms with E-state index in [1.807, 2.05) is 0 Å². The topological polar surface area (TPSA) is 9.23 Å². The molecule has 1 aliphatic carbocycles. The van der Waals surface area contributed by atoms with Crippen LogP contribution >= 0.6 is 11.6 Å². The molecule has 2 rings (SSSR count). The standard InChI is InChI=1S/C21H31ClO/c1-6-9-21(22)13-15(2)10-18(14-21)12-20(23-5)19-8-7-16(3)17(4)11-19/h7-8,11-12,15,18H,6,9-10,13-14H2,1-5H3/b20-12-. The molecular weight excluding hydrogens is 304 g/mol. The van der Waals surface area contributed by atoms with Gasteiger partial charge in [0.15, 0.2) is 0 Å². The first-order chi connectivity index (χ1) is 10.9. The van der Waals surface area contributed by atoms with Gasteiger partial charge in [0.25, 0.3) is 0 Å². The van der Waals surface area contributed by atoms with Crippen molar-refractivity contribution in [2.75, 3.05) is 7.11 Å². The average Bonchev–Trinajstić information content (AvgIpc) is 2.46. The van der Waals surface area contributed by atoms with Gasteiger partial charge in [-0.05, 0) is 74.6 Å². The third-order valence-corrected chi connectivity index (χ3v) is 5.64. The number of hydrogen-bond acceptors (Lipinski definition) is 1. The minimum absolute atomic E-state index is 0.0321. The molecule has 1 saturated carbocycles. The van der Waals surface area contributed by atoms with Gasteiger partial charge in [-0.25, -0.2) is 0 Å². The molecule has 0 aliphatic heterocycles. The molecule has 1 aromatic carbocycles. The average molecular weight is 335 g/mol. The second kappa shape index (κ2) is 7.75. The fourth-order valence-corrected chi connectivity index (χ4v) is 4.68. The van der Waals surface area contributed by atoms with Crippen molar-refractivity contribution in [2.45, 2.75) is 64.7 Å². The molecule has 2 heteroatoms. The summed E-state index contributed by atoms with van der Waals surface area (Å²) in [4.78, 5) is -0.0321. The second-order valence-corrected chi connectivity index (χ2v) is 8.25. The normalized spacial score (nSPS) is 28.7. The molecule has 1 aromatic rings. The highest BCUT2D eigenvalue weighted by Crippen LogP contribution is 2.44. The quantitative estimate of drug-likeness (QED) is 0.441. The zero-order valence-electron chi connectivity index (χ0n) is 15.3. The summed E-state index contributed by atoms with van der Waals surface area (Å²) in [5, 5.41) is 0. The number of rotatable bonds is 5. The van der Waals surface area contributed by atoms with Crippen molar-refractivity contribution in [1.29, 1.82) is 0 Å². The maximum Gasteiger partial charge on any atom is 0.122 e. The van der Waals surface area contributed by atoms with Crippen LogP contribution in [-0.2, 0) is 4.74 Å². The number of halogens is 1. The molecule has 3 unspecified atom stereocenters. The van der Waals surface area contributed by atoms with E-state index in [2.05, 4.69) is 52.0 Å². The van der Waals surface area contributed by atoms with Crippen LogP contribution in [0.4, 0.5) is 0 Å². The molecule has 0 radical (unpaired) electrons. The summed E-state index contributed by atoms with van der Waals surface area (Å²) in [5.41, 5.74) is 3.79. The van der Waals surface area contributed by atoms with E-state index in [4.69, 9.17) is 16.3 Å². The minimum Gasteiger partial charge on any atom is -0.496 e. The van der Waals surface area contributed by atoms with Crippen LogP contribution in [0.5, 0.6) is 0 Å². The number of alkyl halides is 1. The van der Waals surface area contributed by atoms with Crippen molar-refractivity contribution in [3.8, 4) is 0 Å². The summed E-state index contributed by atoms with van der Waals surface area (Å²) < 4.78 is 5.72. The molecule has 0 bridgehead atoms. The van der Waals surface area contributed by atoms with Crippen LogP contribution < -0.4 is 0 Å². The Hall–Kier alpha value is -0.950. The van der Waals surface area contributed by atoms with E-state index in [-0.39, 0.29) is 4.87 Å². The smallest absolute Gasteiger partial charge is 0.122 e. The van der Waals surface area contributed by atoms with Crippen LogP contribution in [0.3, 0.4) is 0 Å². The van der Waals surface area contributed by atoms with Crippen LogP contribution in [0.15, 0.2) is 24.3 Å². The van der Waals surface area contributed by atoms with Crippen molar-refractivity contribution < 1.29 is 4.74 Å². The first kappa shape index (κ1) is 18.4. The highest BCUT2D eigenvalue weighted by atomic mass is 35.5. The van der Waals surface area contributed by atoms with Crippen LogP contribution in [0.25, 0.3) is 5.76 Å². The number of allylic oxidation sites excluding steroid dienone is 1. The van der Waals surface area contributed by atoms with Crippen molar-refractivity contribution in [3.05, 3.63) is 41.0 Å². The van der Waals surface area contributed by atoms with Crippen molar-refractivity contribution in [1.82, 2.24) is 0 Å². The lowest BCUT2D eigenvalue weighted by atomic mass is 9.73. The van der Waals surface area contributed by atoms with E-state index >= 15 is 0 Å². The van der Waals surface area contributed by atoms with Gasteiger partial charge in [0.1, 0.15) is 5.76 Å². The molecule has 0 heterocycles. The number of hydrogen-bond donors (Lipinski definition) is 0. The summed E-state index contributed by atoms with van der Waals surface area (Å²) in [5.74, 6) is 2.16. The fraction of sp³-hybridized carbons (Fsp3) is 0.619. The highest BCUT2D eigenvalue weighted by Gasteiger charge is 2.36.